The molecule has 0 unspecified atom stereocenters. The molecule has 12 heteroatoms. The first-order valence-corrected chi connectivity index (χ1v) is 12.2. The van der Waals surface area contributed by atoms with Crippen LogP contribution in [0.4, 0.5) is 23.8 Å². The second-order valence-electron chi connectivity index (χ2n) is 7.84. The summed E-state index contributed by atoms with van der Waals surface area (Å²) in [4.78, 5) is 15.8. The second-order valence-corrected chi connectivity index (χ2v) is 8.72. The van der Waals surface area contributed by atoms with Gasteiger partial charge in [0.05, 0.1) is 30.2 Å². The van der Waals surface area contributed by atoms with Crippen molar-refractivity contribution >= 4 is 33.4 Å². The Morgan fingerprint density at radius 3 is 2.47 bits per heavy atom. The van der Waals surface area contributed by atoms with E-state index >= 15 is 0 Å². The summed E-state index contributed by atoms with van der Waals surface area (Å²) in [5.74, 6) is 1.11. The van der Waals surface area contributed by atoms with Crippen LogP contribution in [0, 0.1) is 0 Å². The average molecular weight is 549 g/mol. The van der Waals surface area contributed by atoms with E-state index in [4.69, 9.17) is 29.4 Å². The molecular formula is C26H23F3N2O6S. The summed E-state index contributed by atoms with van der Waals surface area (Å²) in [6.45, 7) is 1.88. The molecule has 0 aliphatic rings. The number of halogens is 3. The molecule has 4 rings (SSSR count). The van der Waals surface area contributed by atoms with E-state index in [0.29, 0.717) is 27.1 Å². The summed E-state index contributed by atoms with van der Waals surface area (Å²) in [7, 11) is 1.19. The van der Waals surface area contributed by atoms with E-state index in [0.717, 1.165) is 11.6 Å². The maximum atomic E-state index is 13.3. The molecule has 0 fully saturated rings. The number of fused-ring (bicyclic) bond motifs is 1. The van der Waals surface area contributed by atoms with Gasteiger partial charge in [-0.2, -0.15) is 13.2 Å². The van der Waals surface area contributed by atoms with Crippen molar-refractivity contribution < 1.29 is 41.7 Å². The van der Waals surface area contributed by atoms with Crippen LogP contribution in [0.3, 0.4) is 0 Å². The number of pyridine rings is 1. The number of nitrogen functional groups attached to an aromatic ring is 1. The summed E-state index contributed by atoms with van der Waals surface area (Å²) in [6.07, 6.45) is -4.03. The highest BCUT2D eigenvalue weighted by atomic mass is 32.1. The Morgan fingerprint density at radius 1 is 1.05 bits per heavy atom. The van der Waals surface area contributed by atoms with E-state index in [1.165, 1.54) is 36.8 Å². The van der Waals surface area contributed by atoms with Crippen molar-refractivity contribution in [1.82, 2.24) is 4.98 Å². The molecule has 200 valence electrons. The standard InChI is InChI=1S/C26H23F3N2O6S/c1-3-34-25(32)37-21-11-31-24(30)22-16(14-38-23(21)22)13-36-18-6-4-5-17(10-18)35-12-15-7-8-20(33-2)19(9-15)26(27,28)29/h4-11,14H,3,12-13H2,1-2H3,(H2,30,31). The van der Waals surface area contributed by atoms with Crippen molar-refractivity contribution in [2.75, 3.05) is 19.5 Å². The predicted molar refractivity (Wildman–Crippen MR) is 135 cm³/mol. The van der Waals surface area contributed by atoms with Gasteiger partial charge in [-0.25, -0.2) is 9.78 Å². The van der Waals surface area contributed by atoms with E-state index in [1.807, 2.05) is 5.38 Å². The van der Waals surface area contributed by atoms with Crippen LogP contribution in [-0.2, 0) is 24.1 Å². The Kier molecular flexibility index (Phi) is 8.10. The zero-order chi connectivity index (χ0) is 27.3. The molecular weight excluding hydrogens is 525 g/mol. The number of anilines is 1. The number of carbonyl (C=O) groups excluding carboxylic acids is 1. The third-order valence-electron chi connectivity index (χ3n) is 5.30. The smallest absolute Gasteiger partial charge is 0.496 e. The highest BCUT2D eigenvalue weighted by Crippen LogP contribution is 2.38. The highest BCUT2D eigenvalue weighted by molar-refractivity contribution is 7.17. The molecule has 0 amide bonds. The summed E-state index contributed by atoms with van der Waals surface area (Å²) in [5.41, 5.74) is 6.27. The number of nitrogens with two attached hydrogens (primary N) is 1. The number of hydrogen-bond donors (Lipinski definition) is 1. The number of thiophene rings is 1. The van der Waals surface area contributed by atoms with Crippen LogP contribution in [-0.4, -0.2) is 24.9 Å². The SMILES string of the molecule is CCOC(=O)Oc1cnc(N)c2c(COc3cccc(OCc4ccc(OC)c(C(F)(F)F)c4)c3)csc12. The minimum atomic E-state index is -4.55. The van der Waals surface area contributed by atoms with Gasteiger partial charge in [0.25, 0.3) is 0 Å². The summed E-state index contributed by atoms with van der Waals surface area (Å²) in [6, 6.07) is 10.5. The van der Waals surface area contributed by atoms with Crippen LogP contribution >= 0.6 is 11.3 Å². The molecule has 4 aromatic rings. The lowest BCUT2D eigenvalue weighted by Gasteiger charge is -2.14. The number of carbonyl (C=O) groups is 1. The summed E-state index contributed by atoms with van der Waals surface area (Å²) >= 11 is 1.32. The number of benzene rings is 2. The molecule has 8 nitrogen and oxygen atoms in total. The molecule has 0 aliphatic heterocycles. The normalized spacial score (nSPS) is 11.3. The molecule has 0 bridgehead atoms. The maximum Gasteiger partial charge on any atom is 0.513 e. The number of hydrogen-bond acceptors (Lipinski definition) is 9. The fourth-order valence-electron chi connectivity index (χ4n) is 3.57. The molecule has 2 heterocycles. The molecule has 0 saturated heterocycles. The fraction of sp³-hybridized carbons (Fsp3) is 0.231. The van der Waals surface area contributed by atoms with Crippen LogP contribution in [0.1, 0.15) is 23.6 Å². The monoisotopic (exact) mass is 548 g/mol. The van der Waals surface area contributed by atoms with Gasteiger partial charge in [-0.05, 0) is 42.1 Å². The minimum Gasteiger partial charge on any atom is -0.496 e. The third kappa shape index (κ3) is 6.20. The lowest BCUT2D eigenvalue weighted by Crippen LogP contribution is -2.10. The van der Waals surface area contributed by atoms with Crippen molar-refractivity contribution in [2.45, 2.75) is 26.3 Å². The molecule has 2 N–H and O–H groups in total. The van der Waals surface area contributed by atoms with Gasteiger partial charge >= 0.3 is 12.3 Å². The number of rotatable bonds is 9. The molecule has 0 saturated carbocycles. The third-order valence-corrected chi connectivity index (χ3v) is 6.34. The minimum absolute atomic E-state index is 0.0862. The van der Waals surface area contributed by atoms with Crippen molar-refractivity contribution in [2.24, 2.45) is 0 Å². The Labute approximate surface area is 219 Å². The first kappa shape index (κ1) is 26.9. The van der Waals surface area contributed by atoms with E-state index in [1.54, 1.807) is 31.2 Å². The van der Waals surface area contributed by atoms with E-state index in [2.05, 4.69) is 4.98 Å². The Bertz CT molecular complexity index is 1440. The molecule has 0 radical (unpaired) electrons. The summed E-state index contributed by atoms with van der Waals surface area (Å²) < 4.78 is 66.9. The molecule has 2 aromatic heterocycles. The van der Waals surface area contributed by atoms with E-state index in [-0.39, 0.29) is 37.1 Å². The highest BCUT2D eigenvalue weighted by Gasteiger charge is 2.34. The van der Waals surface area contributed by atoms with Crippen LogP contribution in [0.2, 0.25) is 0 Å². The average Bonchev–Trinajstić information content (AvgIpc) is 3.33. The molecule has 2 aromatic carbocycles. The first-order valence-electron chi connectivity index (χ1n) is 11.3. The van der Waals surface area contributed by atoms with Crippen molar-refractivity contribution in [3.63, 3.8) is 0 Å². The van der Waals surface area contributed by atoms with Gasteiger partial charge < -0.3 is 29.4 Å². The summed E-state index contributed by atoms with van der Waals surface area (Å²) in [5, 5.41) is 2.42. The van der Waals surface area contributed by atoms with Crippen molar-refractivity contribution in [3.8, 4) is 23.0 Å². The Hall–Kier alpha value is -4.19. The number of alkyl halides is 3. The number of aromatic nitrogens is 1. The van der Waals surface area contributed by atoms with Crippen LogP contribution in [0.25, 0.3) is 10.1 Å². The van der Waals surface area contributed by atoms with Gasteiger partial charge in [0, 0.05) is 17.0 Å². The van der Waals surface area contributed by atoms with Crippen molar-refractivity contribution in [1.29, 1.82) is 0 Å². The zero-order valence-corrected chi connectivity index (χ0v) is 21.2. The van der Waals surface area contributed by atoms with Gasteiger partial charge in [0.2, 0.25) is 0 Å². The molecule has 38 heavy (non-hydrogen) atoms. The zero-order valence-electron chi connectivity index (χ0n) is 20.3. The Balaban J connectivity index is 1.44. The van der Waals surface area contributed by atoms with Gasteiger partial charge in [-0.1, -0.05) is 12.1 Å². The Morgan fingerprint density at radius 2 is 1.79 bits per heavy atom. The second kappa shape index (κ2) is 11.5. The number of methoxy groups -OCH3 is 1. The van der Waals surface area contributed by atoms with Gasteiger partial charge in [0.1, 0.15) is 36.3 Å². The largest absolute Gasteiger partial charge is 0.513 e. The quantitative estimate of drug-likeness (QED) is 0.234. The molecule has 0 atom stereocenters. The van der Waals surface area contributed by atoms with Crippen molar-refractivity contribution in [3.05, 3.63) is 70.7 Å². The number of ether oxygens (including phenoxy) is 5. The first-order chi connectivity index (χ1) is 18.2. The van der Waals surface area contributed by atoms with E-state index < -0.39 is 17.9 Å². The van der Waals surface area contributed by atoms with Crippen LogP contribution < -0.4 is 24.7 Å². The van der Waals surface area contributed by atoms with E-state index in [9.17, 15) is 18.0 Å². The van der Waals surface area contributed by atoms with Gasteiger partial charge in [0.15, 0.2) is 5.75 Å². The maximum absolute atomic E-state index is 13.3. The lowest BCUT2D eigenvalue weighted by atomic mass is 10.1. The van der Waals surface area contributed by atoms with Crippen LogP contribution in [0.5, 0.6) is 23.0 Å². The van der Waals surface area contributed by atoms with Crippen LogP contribution in [0.15, 0.2) is 54.0 Å². The molecule has 0 spiro atoms. The molecule has 0 aliphatic carbocycles. The van der Waals surface area contributed by atoms with Gasteiger partial charge in [-0.3, -0.25) is 0 Å². The topological polar surface area (TPSA) is 102 Å². The predicted octanol–water partition coefficient (Wildman–Crippen LogP) is 6.60. The lowest BCUT2D eigenvalue weighted by molar-refractivity contribution is -0.138. The van der Waals surface area contributed by atoms with Gasteiger partial charge in [-0.15, -0.1) is 11.3 Å². The fourth-order valence-corrected chi connectivity index (χ4v) is 4.58. The number of nitrogens with zero attached hydrogens (tertiary/aromatic N) is 1.